The summed E-state index contributed by atoms with van der Waals surface area (Å²) in [6.07, 6.45) is 0. The molecular formula is C19H23FN3O4+. The van der Waals surface area contributed by atoms with Crippen LogP contribution < -0.4 is 10.6 Å². The molecule has 2 saturated heterocycles. The smallest absolute Gasteiger partial charge is 0.291 e. The maximum Gasteiger partial charge on any atom is 0.291 e. The fourth-order valence-corrected chi connectivity index (χ4v) is 4.93. The van der Waals surface area contributed by atoms with E-state index in [1.165, 1.54) is 30.2 Å². The van der Waals surface area contributed by atoms with Crippen molar-refractivity contribution in [3.8, 4) is 0 Å². The highest BCUT2D eigenvalue weighted by Gasteiger charge is 2.74. The molecule has 2 fully saturated rings. The molecule has 0 unspecified atom stereocenters. The second-order valence-corrected chi connectivity index (χ2v) is 7.83. The van der Waals surface area contributed by atoms with E-state index in [0.29, 0.717) is 11.3 Å². The van der Waals surface area contributed by atoms with Crippen molar-refractivity contribution < 1.29 is 28.8 Å². The van der Waals surface area contributed by atoms with Crippen molar-refractivity contribution in [1.29, 1.82) is 0 Å². The SMILES string of the molecule is COCCN1C(=O)[C@H]2[C@@H](C1=O)[C@]1([NH2+][C@H]2C(C)C)C(=O)Nc2ccc(F)cc21. The van der Waals surface area contributed by atoms with Gasteiger partial charge in [-0.05, 0) is 18.2 Å². The molecule has 1 spiro atoms. The van der Waals surface area contributed by atoms with Crippen LogP contribution in [0.15, 0.2) is 18.2 Å². The first kappa shape index (κ1) is 18.1. The Balaban J connectivity index is 1.86. The van der Waals surface area contributed by atoms with E-state index in [9.17, 15) is 18.8 Å². The lowest BCUT2D eigenvalue weighted by Crippen LogP contribution is -2.99. The Morgan fingerprint density at radius 2 is 2.04 bits per heavy atom. The van der Waals surface area contributed by atoms with Crippen LogP contribution in [0.5, 0.6) is 0 Å². The molecule has 0 aromatic heterocycles. The Morgan fingerprint density at radius 1 is 1.30 bits per heavy atom. The Morgan fingerprint density at radius 3 is 2.70 bits per heavy atom. The van der Waals surface area contributed by atoms with Crippen LogP contribution in [0.4, 0.5) is 10.1 Å². The number of carbonyl (C=O) groups excluding carboxylic acids is 3. The number of nitrogens with two attached hydrogens (primary N) is 1. The molecule has 3 amide bonds. The zero-order valence-electron chi connectivity index (χ0n) is 15.5. The third-order valence-corrected chi connectivity index (χ3v) is 6.14. The van der Waals surface area contributed by atoms with E-state index in [2.05, 4.69) is 5.32 Å². The molecule has 4 rings (SSSR count). The zero-order chi connectivity index (χ0) is 19.5. The molecule has 0 radical (unpaired) electrons. The Hall–Kier alpha value is -2.32. The lowest BCUT2D eigenvalue weighted by Gasteiger charge is -2.27. The summed E-state index contributed by atoms with van der Waals surface area (Å²) in [5.74, 6) is -2.90. The average molecular weight is 376 g/mol. The van der Waals surface area contributed by atoms with Crippen LogP contribution in [0.1, 0.15) is 19.4 Å². The maximum absolute atomic E-state index is 14.0. The first-order valence-electron chi connectivity index (χ1n) is 9.14. The summed E-state index contributed by atoms with van der Waals surface area (Å²) in [5, 5.41) is 4.60. The average Bonchev–Trinajstić information content (AvgIpc) is 3.20. The number of hydrogen-bond acceptors (Lipinski definition) is 4. The largest absolute Gasteiger partial charge is 0.383 e. The molecule has 3 aliphatic rings. The summed E-state index contributed by atoms with van der Waals surface area (Å²) < 4.78 is 19.0. The monoisotopic (exact) mass is 376 g/mol. The third kappa shape index (κ3) is 2.29. The summed E-state index contributed by atoms with van der Waals surface area (Å²) in [7, 11) is 1.50. The van der Waals surface area contributed by atoms with Crippen LogP contribution >= 0.6 is 0 Å². The van der Waals surface area contributed by atoms with E-state index in [0.717, 1.165) is 0 Å². The predicted octanol–water partition coefficient (Wildman–Crippen LogP) is -0.178. The summed E-state index contributed by atoms with van der Waals surface area (Å²) in [6.45, 7) is 4.31. The number of carbonyl (C=O) groups is 3. The Bertz CT molecular complexity index is 842. The van der Waals surface area contributed by atoms with E-state index >= 15 is 0 Å². The number of nitrogens with zero attached hydrogens (tertiary/aromatic N) is 1. The minimum absolute atomic E-state index is 0.0569. The fourth-order valence-electron chi connectivity index (χ4n) is 4.93. The standard InChI is InChI=1S/C19H22FN3O4/c1-9(2)15-13-14(17(25)23(16(13)24)6-7-27-3)19(22-15)11-8-10(20)4-5-12(11)21-18(19)26/h4-5,8-9,13-15,22H,6-7H2,1-3H3,(H,21,26)/p+1/t13-,14-,15-,19-/m0/s1. The van der Waals surface area contributed by atoms with Crippen LogP contribution in [0.2, 0.25) is 0 Å². The molecular weight excluding hydrogens is 353 g/mol. The van der Waals surface area contributed by atoms with Crippen molar-refractivity contribution >= 4 is 23.4 Å². The zero-order valence-corrected chi connectivity index (χ0v) is 15.5. The number of imide groups is 1. The van der Waals surface area contributed by atoms with Crippen molar-refractivity contribution in [1.82, 2.24) is 4.90 Å². The van der Waals surface area contributed by atoms with Crippen LogP contribution in [0, 0.1) is 23.6 Å². The Kier molecular flexibility index (Phi) is 4.08. The number of benzene rings is 1. The second-order valence-electron chi connectivity index (χ2n) is 7.83. The van der Waals surface area contributed by atoms with Gasteiger partial charge in [-0.25, -0.2) is 4.39 Å². The topological polar surface area (TPSA) is 92.3 Å². The van der Waals surface area contributed by atoms with Crippen molar-refractivity contribution in [2.24, 2.45) is 17.8 Å². The minimum Gasteiger partial charge on any atom is -0.383 e. The normalized spacial score (nSPS) is 31.8. The summed E-state index contributed by atoms with van der Waals surface area (Å²) in [5.41, 5.74) is -0.372. The van der Waals surface area contributed by atoms with Crippen molar-refractivity contribution in [3.05, 3.63) is 29.6 Å². The van der Waals surface area contributed by atoms with Crippen LogP contribution in [-0.2, 0) is 24.7 Å². The first-order valence-corrected chi connectivity index (χ1v) is 9.14. The van der Waals surface area contributed by atoms with Gasteiger partial charge in [0.15, 0.2) is 0 Å². The van der Waals surface area contributed by atoms with Gasteiger partial charge in [0.05, 0.1) is 18.8 Å². The number of rotatable bonds is 4. The molecule has 144 valence electrons. The van der Waals surface area contributed by atoms with Gasteiger partial charge in [0.1, 0.15) is 23.7 Å². The highest BCUT2D eigenvalue weighted by atomic mass is 19.1. The van der Waals surface area contributed by atoms with E-state index in [-0.39, 0.29) is 42.8 Å². The van der Waals surface area contributed by atoms with Gasteiger partial charge in [-0.2, -0.15) is 0 Å². The molecule has 1 aromatic carbocycles. The number of likely N-dealkylation sites (tertiary alicyclic amines) is 1. The number of amides is 3. The molecule has 0 bridgehead atoms. The number of methoxy groups -OCH3 is 1. The van der Waals surface area contributed by atoms with Gasteiger partial charge in [0.25, 0.3) is 5.91 Å². The molecule has 0 saturated carbocycles. The molecule has 4 atom stereocenters. The highest BCUT2D eigenvalue weighted by Crippen LogP contribution is 2.49. The number of halogens is 1. The van der Waals surface area contributed by atoms with Crippen LogP contribution in [0.3, 0.4) is 0 Å². The molecule has 3 heterocycles. The third-order valence-electron chi connectivity index (χ3n) is 6.14. The lowest BCUT2D eigenvalue weighted by atomic mass is 9.76. The van der Waals surface area contributed by atoms with Crippen LogP contribution in [0.25, 0.3) is 0 Å². The highest BCUT2D eigenvalue weighted by molar-refractivity contribution is 6.13. The number of ether oxygens (including phenoxy) is 1. The second kappa shape index (κ2) is 6.10. The molecule has 3 aliphatic heterocycles. The fraction of sp³-hybridized carbons (Fsp3) is 0.526. The van der Waals surface area contributed by atoms with E-state index in [1.807, 2.05) is 19.2 Å². The van der Waals surface area contributed by atoms with E-state index in [4.69, 9.17) is 4.74 Å². The molecule has 27 heavy (non-hydrogen) atoms. The minimum atomic E-state index is -1.31. The number of quaternary nitrogens is 1. The van der Waals surface area contributed by atoms with Gasteiger partial charge in [0, 0.05) is 18.6 Å². The number of hydrogen-bond donors (Lipinski definition) is 2. The van der Waals surface area contributed by atoms with Gasteiger partial charge in [-0.3, -0.25) is 19.3 Å². The van der Waals surface area contributed by atoms with E-state index in [1.54, 1.807) is 0 Å². The van der Waals surface area contributed by atoms with Gasteiger partial charge in [-0.1, -0.05) is 13.8 Å². The quantitative estimate of drug-likeness (QED) is 0.714. The molecule has 0 aliphatic carbocycles. The first-order chi connectivity index (χ1) is 12.8. The Labute approximate surface area is 156 Å². The van der Waals surface area contributed by atoms with Gasteiger partial charge >= 0.3 is 0 Å². The van der Waals surface area contributed by atoms with E-state index < -0.39 is 23.2 Å². The lowest BCUT2D eigenvalue weighted by molar-refractivity contribution is -0.738. The summed E-state index contributed by atoms with van der Waals surface area (Å²) in [4.78, 5) is 40.6. The number of anilines is 1. The molecule has 1 aromatic rings. The van der Waals surface area contributed by atoms with Gasteiger partial charge in [0.2, 0.25) is 17.4 Å². The van der Waals surface area contributed by atoms with Crippen molar-refractivity contribution in [2.75, 3.05) is 25.6 Å². The van der Waals surface area contributed by atoms with Gasteiger partial charge < -0.3 is 15.4 Å². The molecule has 8 heteroatoms. The maximum atomic E-state index is 14.0. The summed E-state index contributed by atoms with van der Waals surface area (Å²) in [6, 6.07) is 3.84. The van der Waals surface area contributed by atoms with Crippen molar-refractivity contribution in [3.63, 3.8) is 0 Å². The van der Waals surface area contributed by atoms with Crippen molar-refractivity contribution in [2.45, 2.75) is 25.4 Å². The number of fused-ring (bicyclic) bond motifs is 4. The molecule has 7 nitrogen and oxygen atoms in total. The van der Waals surface area contributed by atoms with Gasteiger partial charge in [-0.15, -0.1) is 0 Å². The van der Waals surface area contributed by atoms with Crippen LogP contribution in [-0.4, -0.2) is 48.9 Å². The number of nitrogens with one attached hydrogen (secondary N) is 1. The summed E-state index contributed by atoms with van der Waals surface area (Å²) >= 11 is 0. The predicted molar refractivity (Wildman–Crippen MR) is 92.8 cm³/mol. The molecule has 3 N–H and O–H groups in total.